The monoisotopic (exact) mass is 415 g/mol. The van der Waals surface area contributed by atoms with Gasteiger partial charge >= 0.3 is 18.5 Å². The van der Waals surface area contributed by atoms with Crippen molar-refractivity contribution >= 4 is 16.9 Å². The van der Waals surface area contributed by atoms with Crippen molar-refractivity contribution in [2.24, 2.45) is 0 Å². The molecular formula is C14H6F9N5. The molecule has 150 valence electrons. The van der Waals surface area contributed by atoms with Crippen molar-refractivity contribution in [3.63, 3.8) is 0 Å². The van der Waals surface area contributed by atoms with Crippen LogP contribution in [0, 0.1) is 0 Å². The number of rotatable bonds is 1. The predicted octanol–water partition coefficient (Wildman–Crippen LogP) is 4.45. The lowest BCUT2D eigenvalue weighted by Gasteiger charge is -2.11. The first kappa shape index (κ1) is 19.7. The molecule has 0 radical (unpaired) electrons. The summed E-state index contributed by atoms with van der Waals surface area (Å²) in [5.41, 5.74) is 0.891. The molecule has 28 heavy (non-hydrogen) atoms. The molecule has 5 nitrogen and oxygen atoms in total. The lowest BCUT2D eigenvalue weighted by Crippen LogP contribution is -2.17. The molecule has 2 aromatic heterocycles. The quantitative estimate of drug-likeness (QED) is 0.597. The van der Waals surface area contributed by atoms with Crippen LogP contribution in [0.3, 0.4) is 0 Å². The van der Waals surface area contributed by atoms with E-state index in [0.717, 1.165) is 12.1 Å². The maximum absolute atomic E-state index is 13.2. The molecule has 0 saturated carbocycles. The SMILES string of the molecule is Nc1c2c(C(F)(F)F)nc(C(F)(F)F)nc2nn1-c1cccc(C(F)(F)F)c1. The number of anilines is 1. The molecule has 0 aliphatic heterocycles. The highest BCUT2D eigenvalue weighted by Crippen LogP contribution is 2.39. The molecule has 0 aliphatic rings. The van der Waals surface area contributed by atoms with Gasteiger partial charge in [-0.1, -0.05) is 6.07 Å². The number of hydrogen-bond acceptors (Lipinski definition) is 4. The number of nitrogens with two attached hydrogens (primary N) is 1. The standard InChI is InChI=1S/C14H6F9N5/c15-12(16,17)5-2-1-3-6(4-5)28-9(24)7-8(13(18,19)20)25-11(14(21,22)23)26-10(7)27-28/h1-4H,24H2. The van der Waals surface area contributed by atoms with Crippen LogP contribution in [0.15, 0.2) is 24.3 Å². The number of nitrogens with zero attached hydrogens (tertiary/aromatic N) is 4. The molecule has 0 atom stereocenters. The fourth-order valence-corrected chi connectivity index (χ4v) is 2.35. The predicted molar refractivity (Wildman–Crippen MR) is 76.1 cm³/mol. The lowest BCUT2D eigenvalue weighted by molar-refractivity contribution is -0.151. The summed E-state index contributed by atoms with van der Waals surface area (Å²) in [6.07, 6.45) is -15.4. The van der Waals surface area contributed by atoms with Crippen LogP contribution in [-0.4, -0.2) is 19.7 Å². The van der Waals surface area contributed by atoms with Crippen molar-refractivity contribution in [3.05, 3.63) is 41.3 Å². The van der Waals surface area contributed by atoms with Crippen molar-refractivity contribution in [2.75, 3.05) is 5.73 Å². The third-order valence-corrected chi connectivity index (χ3v) is 3.51. The Kier molecular flexibility index (Phi) is 4.20. The van der Waals surface area contributed by atoms with E-state index in [9.17, 15) is 39.5 Å². The van der Waals surface area contributed by atoms with Gasteiger partial charge in [0.25, 0.3) is 0 Å². The summed E-state index contributed by atoms with van der Waals surface area (Å²) in [7, 11) is 0. The fourth-order valence-electron chi connectivity index (χ4n) is 2.35. The van der Waals surface area contributed by atoms with Crippen molar-refractivity contribution in [1.82, 2.24) is 19.7 Å². The molecule has 0 bridgehead atoms. The van der Waals surface area contributed by atoms with E-state index in [2.05, 4.69) is 15.1 Å². The molecule has 0 spiro atoms. The number of alkyl halides is 9. The Morgan fingerprint density at radius 3 is 2.00 bits per heavy atom. The van der Waals surface area contributed by atoms with Crippen molar-refractivity contribution in [2.45, 2.75) is 18.5 Å². The van der Waals surface area contributed by atoms with E-state index >= 15 is 0 Å². The molecule has 14 heteroatoms. The van der Waals surface area contributed by atoms with Crippen LogP contribution in [0.5, 0.6) is 0 Å². The summed E-state index contributed by atoms with van der Waals surface area (Å²) < 4.78 is 117. The Hall–Kier alpha value is -3.06. The van der Waals surface area contributed by atoms with E-state index in [1.54, 1.807) is 0 Å². The highest BCUT2D eigenvalue weighted by molar-refractivity contribution is 5.90. The molecule has 1 aromatic carbocycles. The van der Waals surface area contributed by atoms with E-state index in [0.29, 0.717) is 16.8 Å². The van der Waals surface area contributed by atoms with Gasteiger partial charge in [0.2, 0.25) is 5.82 Å². The normalized spacial score (nSPS) is 13.3. The van der Waals surface area contributed by atoms with Crippen LogP contribution in [-0.2, 0) is 18.5 Å². The van der Waals surface area contributed by atoms with E-state index in [1.807, 2.05) is 0 Å². The van der Waals surface area contributed by atoms with Gasteiger partial charge in [-0.15, -0.1) is 5.10 Å². The first-order valence-electron chi connectivity index (χ1n) is 7.08. The minimum atomic E-state index is -5.35. The van der Waals surface area contributed by atoms with E-state index in [1.165, 1.54) is 0 Å². The molecule has 0 unspecified atom stereocenters. The Morgan fingerprint density at radius 2 is 1.46 bits per heavy atom. The van der Waals surface area contributed by atoms with Gasteiger partial charge in [-0.05, 0) is 18.2 Å². The first-order valence-corrected chi connectivity index (χ1v) is 7.08. The second kappa shape index (κ2) is 5.97. The van der Waals surface area contributed by atoms with Crippen LogP contribution >= 0.6 is 0 Å². The van der Waals surface area contributed by atoms with Crippen LogP contribution in [0.1, 0.15) is 17.1 Å². The largest absolute Gasteiger partial charge is 0.451 e. The van der Waals surface area contributed by atoms with Crippen LogP contribution in [0.4, 0.5) is 45.3 Å². The molecule has 2 heterocycles. The maximum atomic E-state index is 13.2. The van der Waals surface area contributed by atoms with Gasteiger partial charge in [0.15, 0.2) is 11.3 Å². The zero-order valence-electron chi connectivity index (χ0n) is 13.1. The van der Waals surface area contributed by atoms with Gasteiger partial charge in [-0.25, -0.2) is 14.6 Å². The summed E-state index contributed by atoms with van der Waals surface area (Å²) in [5, 5.41) is 2.37. The van der Waals surface area contributed by atoms with Gasteiger partial charge in [0.1, 0.15) is 5.82 Å². The van der Waals surface area contributed by atoms with Gasteiger partial charge in [0.05, 0.1) is 16.6 Å². The van der Waals surface area contributed by atoms with Gasteiger partial charge in [-0.3, -0.25) is 0 Å². The minimum absolute atomic E-state index is 0.424. The zero-order chi connectivity index (χ0) is 21.1. The van der Waals surface area contributed by atoms with Gasteiger partial charge < -0.3 is 5.73 Å². The summed E-state index contributed by atoms with van der Waals surface area (Å²) in [6, 6.07) is 3.17. The molecule has 2 N–H and O–H groups in total. The topological polar surface area (TPSA) is 69.6 Å². The second-order valence-electron chi connectivity index (χ2n) is 5.44. The molecule has 0 amide bonds. The summed E-state index contributed by atoms with van der Waals surface area (Å²) in [6.45, 7) is 0. The van der Waals surface area contributed by atoms with E-state index in [4.69, 9.17) is 5.73 Å². The third kappa shape index (κ3) is 3.41. The molecule has 3 aromatic rings. The highest BCUT2D eigenvalue weighted by atomic mass is 19.4. The van der Waals surface area contributed by atoms with Gasteiger partial charge in [0, 0.05) is 0 Å². The van der Waals surface area contributed by atoms with Crippen LogP contribution < -0.4 is 5.73 Å². The van der Waals surface area contributed by atoms with Crippen molar-refractivity contribution in [3.8, 4) is 5.69 Å². The Labute approximate surface area is 148 Å². The second-order valence-corrected chi connectivity index (χ2v) is 5.44. The van der Waals surface area contributed by atoms with Crippen molar-refractivity contribution in [1.29, 1.82) is 0 Å². The zero-order valence-corrected chi connectivity index (χ0v) is 13.1. The van der Waals surface area contributed by atoms with Crippen LogP contribution in [0.2, 0.25) is 0 Å². The highest BCUT2D eigenvalue weighted by Gasteiger charge is 2.43. The summed E-state index contributed by atoms with van der Waals surface area (Å²) >= 11 is 0. The number of halogens is 9. The maximum Gasteiger partial charge on any atom is 0.451 e. The molecule has 0 aliphatic carbocycles. The van der Waals surface area contributed by atoms with E-state index < -0.39 is 58.1 Å². The number of aromatic nitrogens is 4. The average Bonchev–Trinajstić information content (AvgIpc) is 2.89. The number of benzene rings is 1. The number of fused-ring (bicyclic) bond motifs is 1. The minimum Gasteiger partial charge on any atom is -0.383 e. The Bertz CT molecular complexity index is 1050. The third-order valence-electron chi connectivity index (χ3n) is 3.51. The fraction of sp³-hybridized carbons (Fsp3) is 0.214. The lowest BCUT2D eigenvalue weighted by atomic mass is 10.2. The molecular weight excluding hydrogens is 409 g/mol. The molecule has 3 rings (SSSR count). The smallest absolute Gasteiger partial charge is 0.383 e. The van der Waals surface area contributed by atoms with Crippen molar-refractivity contribution < 1.29 is 39.5 Å². The summed E-state index contributed by atoms with van der Waals surface area (Å²) in [5.74, 6) is -2.98. The van der Waals surface area contributed by atoms with E-state index in [-0.39, 0.29) is 0 Å². The first-order chi connectivity index (χ1) is 12.7. The average molecular weight is 415 g/mol. The molecule has 0 fully saturated rings. The number of hydrogen-bond donors (Lipinski definition) is 1. The summed E-state index contributed by atoms with van der Waals surface area (Å²) in [4.78, 5) is 5.42. The Morgan fingerprint density at radius 1 is 0.821 bits per heavy atom. The molecule has 0 saturated heterocycles. The Balaban J connectivity index is 2.32. The number of nitrogen functional groups attached to an aromatic ring is 1. The van der Waals surface area contributed by atoms with Gasteiger partial charge in [-0.2, -0.15) is 39.5 Å². The van der Waals surface area contributed by atoms with Crippen LogP contribution in [0.25, 0.3) is 16.7 Å².